The summed E-state index contributed by atoms with van der Waals surface area (Å²) in [6.45, 7) is 7.77. The molecule has 0 spiro atoms. The van der Waals surface area contributed by atoms with Crippen LogP contribution in [0, 0.1) is 5.92 Å². The molecule has 2 aliphatic heterocycles. The first kappa shape index (κ1) is 20.0. The monoisotopic (exact) mass is 354 g/mol. The number of primary amides is 1. The molecule has 2 heterocycles. The Morgan fingerprint density at radius 1 is 1.40 bits per heavy atom. The quantitative estimate of drug-likeness (QED) is 0.368. The van der Waals surface area contributed by atoms with Gasteiger partial charge in [-0.05, 0) is 44.9 Å². The number of rotatable bonds is 9. The summed E-state index contributed by atoms with van der Waals surface area (Å²) in [7, 11) is 0. The number of guanidine groups is 1. The van der Waals surface area contributed by atoms with E-state index in [1.54, 1.807) is 0 Å². The van der Waals surface area contributed by atoms with E-state index in [1.807, 2.05) is 0 Å². The highest BCUT2D eigenvalue weighted by Gasteiger charge is 2.23. The van der Waals surface area contributed by atoms with Gasteiger partial charge in [0.05, 0.1) is 12.7 Å². The van der Waals surface area contributed by atoms with Gasteiger partial charge in [0, 0.05) is 45.8 Å². The van der Waals surface area contributed by atoms with Crippen LogP contribution in [0.5, 0.6) is 0 Å². The molecular weight excluding hydrogens is 320 g/mol. The molecule has 7 nitrogen and oxygen atoms in total. The second-order valence-corrected chi connectivity index (χ2v) is 6.92. The molecule has 0 aromatic heterocycles. The van der Waals surface area contributed by atoms with Crippen molar-refractivity contribution in [1.82, 2.24) is 10.2 Å². The van der Waals surface area contributed by atoms with E-state index in [1.165, 1.54) is 0 Å². The Hall–Kier alpha value is -1.34. The number of hydrogen-bond acceptors (Lipinski definition) is 4. The summed E-state index contributed by atoms with van der Waals surface area (Å²) in [5.41, 5.74) is 5.35. The summed E-state index contributed by atoms with van der Waals surface area (Å²) in [6.07, 6.45) is 6.06. The van der Waals surface area contributed by atoms with E-state index in [4.69, 9.17) is 20.2 Å². The van der Waals surface area contributed by atoms with Gasteiger partial charge in [-0.1, -0.05) is 0 Å². The number of ether oxygens (including phenoxy) is 2. The fraction of sp³-hybridized carbons (Fsp3) is 0.889. The number of hydrogen-bond donors (Lipinski definition) is 2. The molecule has 0 radical (unpaired) electrons. The SMILES string of the molecule is CCNC(=NCCCOCC1CCCO1)N1CCCC(CC(N)=O)C1. The van der Waals surface area contributed by atoms with Gasteiger partial charge in [0.2, 0.25) is 5.91 Å². The third-order valence-corrected chi connectivity index (χ3v) is 4.68. The molecule has 2 saturated heterocycles. The molecule has 1 amide bonds. The number of nitrogens with one attached hydrogen (secondary N) is 1. The number of carbonyl (C=O) groups is 1. The zero-order valence-corrected chi connectivity index (χ0v) is 15.5. The van der Waals surface area contributed by atoms with Crippen molar-refractivity contribution in [1.29, 1.82) is 0 Å². The maximum atomic E-state index is 11.2. The molecule has 25 heavy (non-hydrogen) atoms. The fourth-order valence-corrected chi connectivity index (χ4v) is 3.48. The predicted octanol–water partition coefficient (Wildman–Crippen LogP) is 1.13. The van der Waals surface area contributed by atoms with Gasteiger partial charge < -0.3 is 25.4 Å². The van der Waals surface area contributed by atoms with Crippen molar-refractivity contribution in [2.24, 2.45) is 16.6 Å². The maximum Gasteiger partial charge on any atom is 0.217 e. The summed E-state index contributed by atoms with van der Waals surface area (Å²) in [6, 6.07) is 0. The number of aliphatic imine (C=N–C) groups is 1. The first-order chi connectivity index (χ1) is 12.2. The Balaban J connectivity index is 1.70. The average Bonchev–Trinajstić information content (AvgIpc) is 3.10. The Labute approximate surface area is 151 Å². The lowest BCUT2D eigenvalue weighted by molar-refractivity contribution is -0.119. The van der Waals surface area contributed by atoms with Gasteiger partial charge >= 0.3 is 0 Å². The highest BCUT2D eigenvalue weighted by molar-refractivity contribution is 5.80. The maximum absolute atomic E-state index is 11.2. The minimum Gasteiger partial charge on any atom is -0.379 e. The van der Waals surface area contributed by atoms with E-state index in [-0.39, 0.29) is 12.0 Å². The van der Waals surface area contributed by atoms with Crippen LogP contribution in [0.25, 0.3) is 0 Å². The van der Waals surface area contributed by atoms with Gasteiger partial charge in [-0.3, -0.25) is 9.79 Å². The highest BCUT2D eigenvalue weighted by atomic mass is 16.5. The van der Waals surface area contributed by atoms with Crippen molar-refractivity contribution in [3.63, 3.8) is 0 Å². The second kappa shape index (κ2) is 11.3. The molecule has 0 aromatic carbocycles. The van der Waals surface area contributed by atoms with Crippen LogP contribution in [0.4, 0.5) is 0 Å². The number of piperidine rings is 1. The minimum absolute atomic E-state index is 0.211. The smallest absolute Gasteiger partial charge is 0.217 e. The van der Waals surface area contributed by atoms with Crippen molar-refractivity contribution in [3.8, 4) is 0 Å². The summed E-state index contributed by atoms with van der Waals surface area (Å²) < 4.78 is 11.2. The normalized spacial score (nSPS) is 24.5. The molecule has 2 rings (SSSR count). The van der Waals surface area contributed by atoms with Crippen molar-refractivity contribution in [2.45, 2.75) is 51.6 Å². The molecule has 2 atom stereocenters. The molecule has 3 N–H and O–H groups in total. The molecule has 7 heteroatoms. The van der Waals surface area contributed by atoms with Crippen molar-refractivity contribution < 1.29 is 14.3 Å². The molecule has 144 valence electrons. The molecule has 0 aromatic rings. The summed E-state index contributed by atoms with van der Waals surface area (Å²) in [4.78, 5) is 18.2. The van der Waals surface area contributed by atoms with Crippen molar-refractivity contribution in [2.75, 3.05) is 46.0 Å². The van der Waals surface area contributed by atoms with Crippen LogP contribution in [0.15, 0.2) is 4.99 Å². The van der Waals surface area contributed by atoms with Gasteiger partial charge in [0.15, 0.2) is 5.96 Å². The number of amides is 1. The van der Waals surface area contributed by atoms with Gasteiger partial charge in [0.1, 0.15) is 0 Å². The van der Waals surface area contributed by atoms with E-state index >= 15 is 0 Å². The Bertz CT molecular complexity index is 425. The zero-order chi connectivity index (χ0) is 17.9. The van der Waals surface area contributed by atoms with Gasteiger partial charge in [-0.15, -0.1) is 0 Å². The van der Waals surface area contributed by atoms with Gasteiger partial charge in [-0.25, -0.2) is 0 Å². The van der Waals surface area contributed by atoms with Crippen LogP contribution in [0.3, 0.4) is 0 Å². The van der Waals surface area contributed by atoms with Crippen LogP contribution < -0.4 is 11.1 Å². The number of carbonyl (C=O) groups excluding carboxylic acids is 1. The van der Waals surface area contributed by atoms with Crippen molar-refractivity contribution in [3.05, 3.63) is 0 Å². The summed E-state index contributed by atoms with van der Waals surface area (Å²) in [5.74, 6) is 1.07. The third kappa shape index (κ3) is 7.61. The molecule has 2 unspecified atom stereocenters. The summed E-state index contributed by atoms with van der Waals surface area (Å²) in [5, 5.41) is 3.36. The topological polar surface area (TPSA) is 89.2 Å². The number of nitrogens with two attached hydrogens (primary N) is 1. The standard InChI is InChI=1S/C18H34N4O3/c1-2-20-18(22-9-3-6-15(13-22)12-17(19)23)21-8-5-10-24-14-16-7-4-11-25-16/h15-16H,2-14H2,1H3,(H2,19,23)(H,20,21). The third-order valence-electron chi connectivity index (χ3n) is 4.68. The number of nitrogens with zero attached hydrogens (tertiary/aromatic N) is 2. The Kier molecular flexibility index (Phi) is 9.04. The average molecular weight is 354 g/mol. The second-order valence-electron chi connectivity index (χ2n) is 6.92. The summed E-state index contributed by atoms with van der Waals surface area (Å²) >= 11 is 0. The van der Waals surface area contributed by atoms with Crippen LogP contribution in [-0.2, 0) is 14.3 Å². The lowest BCUT2D eigenvalue weighted by Crippen LogP contribution is -2.47. The Morgan fingerprint density at radius 2 is 2.28 bits per heavy atom. The van der Waals surface area contributed by atoms with Crippen LogP contribution >= 0.6 is 0 Å². The van der Waals surface area contributed by atoms with Gasteiger partial charge in [0.25, 0.3) is 0 Å². The first-order valence-corrected chi connectivity index (χ1v) is 9.70. The molecule has 0 bridgehead atoms. The predicted molar refractivity (Wildman–Crippen MR) is 98.5 cm³/mol. The van der Waals surface area contributed by atoms with E-state index < -0.39 is 0 Å². The van der Waals surface area contributed by atoms with E-state index in [0.29, 0.717) is 25.6 Å². The first-order valence-electron chi connectivity index (χ1n) is 9.70. The fourth-order valence-electron chi connectivity index (χ4n) is 3.48. The minimum atomic E-state index is -0.211. The largest absolute Gasteiger partial charge is 0.379 e. The molecule has 2 fully saturated rings. The molecular formula is C18H34N4O3. The van der Waals surface area contributed by atoms with Crippen molar-refractivity contribution >= 4 is 11.9 Å². The van der Waals surface area contributed by atoms with E-state index in [2.05, 4.69) is 17.1 Å². The van der Waals surface area contributed by atoms with E-state index in [9.17, 15) is 4.79 Å². The highest BCUT2D eigenvalue weighted by Crippen LogP contribution is 2.19. The zero-order valence-electron chi connectivity index (χ0n) is 15.5. The van der Waals surface area contributed by atoms with Crippen LogP contribution in [0.1, 0.15) is 45.4 Å². The van der Waals surface area contributed by atoms with Gasteiger partial charge in [-0.2, -0.15) is 0 Å². The number of likely N-dealkylation sites (tertiary alicyclic amines) is 1. The van der Waals surface area contributed by atoms with Crippen LogP contribution in [0.2, 0.25) is 0 Å². The lowest BCUT2D eigenvalue weighted by atomic mass is 9.95. The molecule has 0 saturated carbocycles. The van der Waals surface area contributed by atoms with E-state index in [0.717, 1.165) is 70.8 Å². The lowest BCUT2D eigenvalue weighted by Gasteiger charge is -2.34. The molecule has 0 aliphatic carbocycles. The van der Waals surface area contributed by atoms with Crippen LogP contribution in [-0.4, -0.2) is 68.9 Å². The Morgan fingerprint density at radius 3 is 3.00 bits per heavy atom. The molecule has 2 aliphatic rings.